The van der Waals surface area contributed by atoms with Gasteiger partial charge in [0.1, 0.15) is 0 Å². The smallest absolute Gasteiger partial charge is 0.0621 e. The molecule has 0 aromatic heterocycles. The minimum atomic E-state index is 0.212. The van der Waals surface area contributed by atoms with Crippen LogP contribution in [0.4, 0.5) is 5.69 Å². The van der Waals surface area contributed by atoms with Gasteiger partial charge in [0.15, 0.2) is 0 Å². The SMILES string of the molecule is NC1COCC1CN1CCN(c2ccc(Cl)cc2)CC1. The number of anilines is 1. The van der Waals surface area contributed by atoms with Crippen molar-refractivity contribution in [1.29, 1.82) is 0 Å². The van der Waals surface area contributed by atoms with Crippen molar-refractivity contribution in [2.45, 2.75) is 6.04 Å². The number of ether oxygens (including phenoxy) is 1. The van der Waals surface area contributed by atoms with Crippen LogP contribution in [0.3, 0.4) is 0 Å². The normalized spacial score (nSPS) is 28.0. The van der Waals surface area contributed by atoms with Crippen LogP contribution >= 0.6 is 11.6 Å². The lowest BCUT2D eigenvalue weighted by molar-refractivity contribution is 0.164. The molecule has 2 atom stereocenters. The Balaban J connectivity index is 1.50. The molecule has 3 rings (SSSR count). The molecule has 20 heavy (non-hydrogen) atoms. The van der Waals surface area contributed by atoms with E-state index in [1.165, 1.54) is 5.69 Å². The van der Waals surface area contributed by atoms with Crippen molar-refractivity contribution in [3.8, 4) is 0 Å². The Hall–Kier alpha value is -0.810. The Kier molecular flexibility index (Phi) is 4.46. The van der Waals surface area contributed by atoms with Gasteiger partial charge in [-0.15, -0.1) is 0 Å². The molecule has 0 aliphatic carbocycles. The summed E-state index contributed by atoms with van der Waals surface area (Å²) in [5.74, 6) is 0.497. The van der Waals surface area contributed by atoms with Crippen molar-refractivity contribution in [2.24, 2.45) is 11.7 Å². The quantitative estimate of drug-likeness (QED) is 0.916. The summed E-state index contributed by atoms with van der Waals surface area (Å²) in [7, 11) is 0. The molecule has 0 spiro atoms. The largest absolute Gasteiger partial charge is 0.379 e. The Morgan fingerprint density at radius 2 is 1.80 bits per heavy atom. The zero-order valence-electron chi connectivity index (χ0n) is 11.7. The van der Waals surface area contributed by atoms with Gasteiger partial charge in [-0.3, -0.25) is 4.90 Å². The Bertz CT molecular complexity index is 431. The molecule has 0 amide bonds. The average molecular weight is 296 g/mol. The Morgan fingerprint density at radius 3 is 2.40 bits per heavy atom. The summed E-state index contributed by atoms with van der Waals surface area (Å²) >= 11 is 5.93. The molecule has 110 valence electrons. The second-order valence-corrected chi connectivity index (χ2v) is 6.16. The Labute approximate surface area is 125 Å². The van der Waals surface area contributed by atoms with Crippen LogP contribution in [0.15, 0.2) is 24.3 Å². The maximum atomic E-state index is 6.05. The maximum absolute atomic E-state index is 6.05. The molecule has 2 heterocycles. The van der Waals surface area contributed by atoms with E-state index in [1.807, 2.05) is 12.1 Å². The molecular formula is C15H22ClN3O. The first kappa shape index (κ1) is 14.1. The van der Waals surface area contributed by atoms with Crippen LogP contribution in [0.5, 0.6) is 0 Å². The predicted molar refractivity (Wildman–Crippen MR) is 82.4 cm³/mol. The molecule has 2 aliphatic rings. The molecule has 2 unspecified atom stereocenters. The topological polar surface area (TPSA) is 41.7 Å². The van der Waals surface area contributed by atoms with Gasteiger partial charge < -0.3 is 15.4 Å². The van der Waals surface area contributed by atoms with Crippen molar-refractivity contribution >= 4 is 17.3 Å². The number of rotatable bonds is 3. The van der Waals surface area contributed by atoms with Gasteiger partial charge in [0.05, 0.1) is 13.2 Å². The summed E-state index contributed by atoms with van der Waals surface area (Å²) in [5.41, 5.74) is 7.31. The van der Waals surface area contributed by atoms with Crippen LogP contribution in [-0.2, 0) is 4.74 Å². The monoisotopic (exact) mass is 295 g/mol. The van der Waals surface area contributed by atoms with E-state index in [0.717, 1.165) is 51.0 Å². The van der Waals surface area contributed by atoms with Crippen LogP contribution < -0.4 is 10.6 Å². The number of hydrogen-bond donors (Lipinski definition) is 1. The van der Waals surface area contributed by atoms with Gasteiger partial charge in [0.25, 0.3) is 0 Å². The van der Waals surface area contributed by atoms with Crippen molar-refractivity contribution in [1.82, 2.24) is 4.90 Å². The second-order valence-electron chi connectivity index (χ2n) is 5.73. The van der Waals surface area contributed by atoms with Gasteiger partial charge >= 0.3 is 0 Å². The summed E-state index contributed by atoms with van der Waals surface area (Å²) in [5, 5.41) is 0.794. The summed E-state index contributed by atoms with van der Waals surface area (Å²) in [6, 6.07) is 8.32. The second kappa shape index (κ2) is 6.31. The summed E-state index contributed by atoms with van der Waals surface area (Å²) in [6.07, 6.45) is 0. The fourth-order valence-corrected chi connectivity index (χ4v) is 3.10. The first-order chi connectivity index (χ1) is 9.72. The lowest BCUT2D eigenvalue weighted by Gasteiger charge is -2.37. The van der Waals surface area contributed by atoms with E-state index in [9.17, 15) is 0 Å². The summed E-state index contributed by atoms with van der Waals surface area (Å²) in [4.78, 5) is 4.92. The fraction of sp³-hybridized carbons (Fsp3) is 0.600. The molecule has 5 heteroatoms. The third-order valence-corrected chi connectivity index (χ3v) is 4.56. The van der Waals surface area contributed by atoms with Crippen molar-refractivity contribution < 1.29 is 4.74 Å². The standard InChI is InChI=1S/C15H22ClN3O/c16-13-1-3-14(4-2-13)19-7-5-18(6-8-19)9-12-10-20-11-15(12)17/h1-4,12,15H,5-11,17H2. The van der Waals surface area contributed by atoms with E-state index >= 15 is 0 Å². The van der Waals surface area contributed by atoms with Gasteiger partial charge in [0.2, 0.25) is 0 Å². The van der Waals surface area contributed by atoms with Gasteiger partial charge in [-0.05, 0) is 24.3 Å². The van der Waals surface area contributed by atoms with Gasteiger partial charge in [-0.1, -0.05) is 11.6 Å². The van der Waals surface area contributed by atoms with Crippen LogP contribution in [0.1, 0.15) is 0 Å². The number of nitrogens with zero attached hydrogens (tertiary/aromatic N) is 2. The van der Waals surface area contributed by atoms with Crippen LogP contribution in [-0.4, -0.2) is 56.9 Å². The van der Waals surface area contributed by atoms with E-state index < -0.39 is 0 Å². The molecule has 1 aromatic rings. The first-order valence-corrected chi connectivity index (χ1v) is 7.66. The molecule has 0 radical (unpaired) electrons. The highest BCUT2D eigenvalue weighted by molar-refractivity contribution is 6.30. The average Bonchev–Trinajstić information content (AvgIpc) is 2.86. The zero-order valence-corrected chi connectivity index (χ0v) is 12.4. The predicted octanol–water partition coefficient (Wildman–Crippen LogP) is 1.44. The lowest BCUT2D eigenvalue weighted by Crippen LogP contribution is -2.49. The van der Waals surface area contributed by atoms with E-state index in [1.54, 1.807) is 0 Å². The fourth-order valence-electron chi connectivity index (χ4n) is 2.98. The Morgan fingerprint density at radius 1 is 1.10 bits per heavy atom. The maximum Gasteiger partial charge on any atom is 0.0621 e. The molecule has 2 saturated heterocycles. The zero-order chi connectivity index (χ0) is 13.9. The molecule has 4 nitrogen and oxygen atoms in total. The van der Waals surface area contributed by atoms with Crippen LogP contribution in [0, 0.1) is 5.92 Å². The van der Waals surface area contributed by atoms with E-state index in [-0.39, 0.29) is 6.04 Å². The molecule has 0 bridgehead atoms. The number of nitrogens with two attached hydrogens (primary N) is 1. The summed E-state index contributed by atoms with van der Waals surface area (Å²) < 4.78 is 5.44. The molecular weight excluding hydrogens is 274 g/mol. The minimum absolute atomic E-state index is 0.212. The molecule has 0 saturated carbocycles. The lowest BCUT2D eigenvalue weighted by atomic mass is 10.0. The van der Waals surface area contributed by atoms with Crippen molar-refractivity contribution in [3.63, 3.8) is 0 Å². The molecule has 2 aliphatic heterocycles. The highest BCUT2D eigenvalue weighted by Gasteiger charge is 2.28. The van der Waals surface area contributed by atoms with Crippen LogP contribution in [0.25, 0.3) is 0 Å². The van der Waals surface area contributed by atoms with Gasteiger partial charge in [-0.25, -0.2) is 0 Å². The van der Waals surface area contributed by atoms with E-state index in [2.05, 4.69) is 21.9 Å². The number of hydrogen-bond acceptors (Lipinski definition) is 4. The van der Waals surface area contributed by atoms with Crippen molar-refractivity contribution in [3.05, 3.63) is 29.3 Å². The third kappa shape index (κ3) is 3.26. The van der Waals surface area contributed by atoms with E-state index in [4.69, 9.17) is 22.1 Å². The van der Waals surface area contributed by atoms with Gasteiger partial charge in [0, 0.05) is 55.4 Å². The highest BCUT2D eigenvalue weighted by Crippen LogP contribution is 2.20. The van der Waals surface area contributed by atoms with Crippen molar-refractivity contribution in [2.75, 3.05) is 50.8 Å². The first-order valence-electron chi connectivity index (χ1n) is 7.28. The molecule has 1 aromatic carbocycles. The minimum Gasteiger partial charge on any atom is -0.379 e. The van der Waals surface area contributed by atoms with Crippen LogP contribution in [0.2, 0.25) is 5.02 Å². The highest BCUT2D eigenvalue weighted by atomic mass is 35.5. The van der Waals surface area contributed by atoms with E-state index in [0.29, 0.717) is 5.92 Å². The number of benzene rings is 1. The van der Waals surface area contributed by atoms with Gasteiger partial charge in [-0.2, -0.15) is 0 Å². The number of piperazine rings is 1. The number of halogens is 1. The molecule has 2 N–H and O–H groups in total. The third-order valence-electron chi connectivity index (χ3n) is 4.30. The molecule has 2 fully saturated rings. The summed E-state index contributed by atoms with van der Waals surface area (Å²) in [6.45, 7) is 6.90.